The molecule has 220 valence electrons. The molecule has 11 nitrogen and oxygen atoms in total. The molecule has 3 aromatic rings. The first-order chi connectivity index (χ1) is 20.1. The van der Waals surface area contributed by atoms with Crippen molar-refractivity contribution in [1.29, 1.82) is 0 Å². The summed E-state index contributed by atoms with van der Waals surface area (Å²) in [4.78, 5) is 59.0. The topological polar surface area (TPSA) is 120 Å². The first-order valence-electron chi connectivity index (χ1n) is 14.1. The maximum atomic E-state index is 13.2. The normalized spacial score (nSPS) is 15.3. The number of aromatic nitrogens is 2. The number of carbonyl (C=O) groups is 4. The summed E-state index contributed by atoms with van der Waals surface area (Å²) >= 11 is 0. The van der Waals surface area contributed by atoms with Gasteiger partial charge in [0, 0.05) is 65.6 Å². The van der Waals surface area contributed by atoms with Gasteiger partial charge in [0.05, 0.1) is 17.4 Å². The number of nitrogens with zero attached hydrogens (tertiary/aromatic N) is 5. The summed E-state index contributed by atoms with van der Waals surface area (Å²) in [5, 5.41) is 5.54. The Kier molecular flexibility index (Phi) is 8.13. The largest absolute Gasteiger partial charge is 0.345 e. The Morgan fingerprint density at radius 2 is 1.55 bits per heavy atom. The van der Waals surface area contributed by atoms with Crippen LogP contribution in [0.4, 0.5) is 5.69 Å². The zero-order chi connectivity index (χ0) is 30.0. The van der Waals surface area contributed by atoms with Crippen molar-refractivity contribution < 1.29 is 19.2 Å². The molecule has 42 heavy (non-hydrogen) atoms. The molecule has 0 atom stereocenters. The quantitative estimate of drug-likeness (QED) is 0.421. The van der Waals surface area contributed by atoms with E-state index in [-0.39, 0.29) is 17.4 Å². The van der Waals surface area contributed by atoms with E-state index in [4.69, 9.17) is 0 Å². The smallest absolute Gasteiger partial charge is 0.313 e. The summed E-state index contributed by atoms with van der Waals surface area (Å²) < 4.78 is 2.06. The van der Waals surface area contributed by atoms with Crippen LogP contribution in [0.15, 0.2) is 54.7 Å². The zero-order valence-corrected chi connectivity index (χ0v) is 24.5. The molecule has 0 bridgehead atoms. The van der Waals surface area contributed by atoms with Gasteiger partial charge in [0.25, 0.3) is 11.8 Å². The molecule has 1 spiro atoms. The van der Waals surface area contributed by atoms with E-state index in [1.54, 1.807) is 43.3 Å². The number of likely N-dealkylation sites (N-methyl/N-ethyl adjacent to an activating group) is 1. The Labute approximate surface area is 245 Å². The van der Waals surface area contributed by atoms with Gasteiger partial charge in [-0.05, 0) is 54.7 Å². The van der Waals surface area contributed by atoms with Gasteiger partial charge in [-0.2, -0.15) is 0 Å². The van der Waals surface area contributed by atoms with Crippen molar-refractivity contribution in [3.8, 4) is 0 Å². The standard InChI is InChI=1S/C31H37N7O4/c1-35(2)29(41)23-10-6-22(7-11-23)20-37-16-17-38-25(31(37)14-5-15-31)19-32-26(38)27(39)33-18-21-8-12-24(13-9-21)34-28(40)30(42)36(3)4/h6-13,19H,5,14-18,20H2,1-4H3,(H,33,39)(H,34,40). The number of hydrogen-bond donors (Lipinski definition) is 2. The van der Waals surface area contributed by atoms with Crippen molar-refractivity contribution in [2.45, 2.75) is 44.4 Å². The molecule has 1 aliphatic carbocycles. The van der Waals surface area contributed by atoms with Crippen LogP contribution in [-0.2, 0) is 34.8 Å². The summed E-state index contributed by atoms with van der Waals surface area (Å²) in [5.74, 6) is -1.17. The van der Waals surface area contributed by atoms with Crippen LogP contribution in [0.1, 0.15) is 57.1 Å². The van der Waals surface area contributed by atoms with Crippen molar-refractivity contribution in [2.24, 2.45) is 0 Å². The van der Waals surface area contributed by atoms with Gasteiger partial charge in [0.2, 0.25) is 0 Å². The number of benzene rings is 2. The lowest BCUT2D eigenvalue weighted by molar-refractivity contribution is -0.141. The minimum Gasteiger partial charge on any atom is -0.345 e. The van der Waals surface area contributed by atoms with E-state index in [0.29, 0.717) is 30.2 Å². The van der Waals surface area contributed by atoms with Crippen LogP contribution in [0.5, 0.6) is 0 Å². The third-order valence-corrected chi connectivity index (χ3v) is 8.16. The number of hydrogen-bond acceptors (Lipinski definition) is 6. The van der Waals surface area contributed by atoms with Crippen LogP contribution >= 0.6 is 0 Å². The lowest BCUT2D eigenvalue weighted by atomic mass is 9.72. The van der Waals surface area contributed by atoms with Crippen molar-refractivity contribution in [1.82, 2.24) is 29.6 Å². The first-order valence-corrected chi connectivity index (χ1v) is 14.1. The average molecular weight is 572 g/mol. The van der Waals surface area contributed by atoms with Gasteiger partial charge in [0.15, 0.2) is 5.82 Å². The van der Waals surface area contributed by atoms with Gasteiger partial charge < -0.3 is 25.0 Å². The van der Waals surface area contributed by atoms with Crippen molar-refractivity contribution in [2.75, 3.05) is 40.1 Å². The number of nitrogens with one attached hydrogen (secondary N) is 2. The van der Waals surface area contributed by atoms with E-state index in [9.17, 15) is 19.2 Å². The van der Waals surface area contributed by atoms with Crippen molar-refractivity contribution in [3.05, 3.63) is 82.9 Å². The van der Waals surface area contributed by atoms with E-state index in [1.807, 2.05) is 30.5 Å². The lowest BCUT2D eigenvalue weighted by Crippen LogP contribution is -2.56. The minimum absolute atomic E-state index is 0.0106. The fourth-order valence-electron chi connectivity index (χ4n) is 5.65. The molecule has 1 fully saturated rings. The molecule has 5 rings (SSSR count). The number of fused-ring (bicyclic) bond motifs is 2. The highest BCUT2D eigenvalue weighted by molar-refractivity contribution is 6.39. The summed E-state index contributed by atoms with van der Waals surface area (Å²) in [5.41, 5.74) is 4.12. The van der Waals surface area contributed by atoms with Gasteiger partial charge in [-0.1, -0.05) is 24.3 Å². The summed E-state index contributed by atoms with van der Waals surface area (Å²) in [6, 6.07) is 14.8. The number of amides is 4. The number of carbonyl (C=O) groups excluding carboxylic acids is 4. The Bertz CT molecular complexity index is 1490. The van der Waals surface area contributed by atoms with E-state index in [0.717, 1.165) is 49.2 Å². The molecule has 11 heteroatoms. The Balaban J connectivity index is 1.22. The molecule has 0 radical (unpaired) electrons. The van der Waals surface area contributed by atoms with Crippen LogP contribution < -0.4 is 10.6 Å². The second-order valence-corrected chi connectivity index (χ2v) is 11.4. The predicted molar refractivity (Wildman–Crippen MR) is 158 cm³/mol. The molecule has 1 aliphatic heterocycles. The number of imidazole rings is 1. The molecule has 0 saturated heterocycles. The Morgan fingerprint density at radius 1 is 0.881 bits per heavy atom. The molecule has 2 N–H and O–H groups in total. The molecule has 1 aromatic heterocycles. The van der Waals surface area contributed by atoms with Crippen LogP contribution in [0.25, 0.3) is 0 Å². The monoisotopic (exact) mass is 571 g/mol. The molecular formula is C31H37N7O4. The summed E-state index contributed by atoms with van der Waals surface area (Å²) in [7, 11) is 6.54. The highest BCUT2D eigenvalue weighted by atomic mass is 16.2. The molecule has 2 aliphatic rings. The summed E-state index contributed by atoms with van der Waals surface area (Å²) in [6.45, 7) is 2.53. The van der Waals surface area contributed by atoms with E-state index < -0.39 is 11.8 Å². The van der Waals surface area contributed by atoms with Crippen LogP contribution in [0.2, 0.25) is 0 Å². The molecule has 4 amide bonds. The lowest BCUT2D eigenvalue weighted by Gasteiger charge is -2.53. The van der Waals surface area contributed by atoms with Gasteiger partial charge in [-0.15, -0.1) is 0 Å². The number of anilines is 1. The third kappa shape index (κ3) is 5.64. The van der Waals surface area contributed by atoms with Crippen LogP contribution in [0, 0.1) is 0 Å². The Hall–Kier alpha value is -4.51. The van der Waals surface area contributed by atoms with E-state index in [1.165, 1.54) is 19.0 Å². The molecule has 2 heterocycles. The highest BCUT2D eigenvalue weighted by Gasteiger charge is 2.49. The zero-order valence-electron chi connectivity index (χ0n) is 24.5. The second kappa shape index (κ2) is 11.8. The average Bonchev–Trinajstić information content (AvgIpc) is 3.39. The molecule has 0 unspecified atom stereocenters. The predicted octanol–water partition coefficient (Wildman–Crippen LogP) is 2.44. The maximum Gasteiger partial charge on any atom is 0.313 e. The van der Waals surface area contributed by atoms with Gasteiger partial charge >= 0.3 is 11.8 Å². The summed E-state index contributed by atoms with van der Waals surface area (Å²) in [6.07, 6.45) is 5.00. The first kappa shape index (κ1) is 29.0. The second-order valence-electron chi connectivity index (χ2n) is 11.4. The Morgan fingerprint density at radius 3 is 2.14 bits per heavy atom. The van der Waals surface area contributed by atoms with Gasteiger partial charge in [-0.3, -0.25) is 24.1 Å². The SMILES string of the molecule is CN(C)C(=O)C(=O)Nc1ccc(CNC(=O)c2ncc3n2CCN(Cc2ccc(C(=O)N(C)C)cc2)C32CCC2)cc1. The highest BCUT2D eigenvalue weighted by Crippen LogP contribution is 2.49. The number of rotatable bonds is 7. The third-order valence-electron chi connectivity index (χ3n) is 8.16. The van der Waals surface area contributed by atoms with Crippen LogP contribution in [0.3, 0.4) is 0 Å². The molecular weight excluding hydrogens is 534 g/mol. The fourth-order valence-corrected chi connectivity index (χ4v) is 5.65. The van der Waals surface area contributed by atoms with Gasteiger partial charge in [0.1, 0.15) is 0 Å². The fraction of sp³-hybridized carbons (Fsp3) is 0.387. The van der Waals surface area contributed by atoms with Crippen molar-refractivity contribution >= 4 is 29.3 Å². The van der Waals surface area contributed by atoms with E-state index >= 15 is 0 Å². The van der Waals surface area contributed by atoms with Crippen LogP contribution in [-0.4, -0.2) is 82.6 Å². The van der Waals surface area contributed by atoms with Gasteiger partial charge in [-0.25, -0.2) is 4.98 Å². The van der Waals surface area contributed by atoms with E-state index in [2.05, 4.69) is 25.1 Å². The maximum absolute atomic E-state index is 13.2. The molecule has 2 aromatic carbocycles. The molecule has 1 saturated carbocycles. The minimum atomic E-state index is -0.706. The van der Waals surface area contributed by atoms with Crippen molar-refractivity contribution in [3.63, 3.8) is 0 Å².